The van der Waals surface area contributed by atoms with Gasteiger partial charge in [-0.3, -0.25) is 4.79 Å². The molecule has 0 fully saturated rings. The zero-order valence-electron chi connectivity index (χ0n) is 7.90. The van der Waals surface area contributed by atoms with E-state index in [4.69, 9.17) is 5.73 Å². The van der Waals surface area contributed by atoms with Crippen molar-refractivity contribution in [2.24, 2.45) is 5.73 Å². The van der Waals surface area contributed by atoms with Crippen molar-refractivity contribution >= 4 is 5.78 Å². The van der Waals surface area contributed by atoms with E-state index < -0.39 is 48.0 Å². The maximum Gasteiger partial charge on any atom is 0.203 e. The molecule has 0 radical (unpaired) electrons. The zero-order chi connectivity index (χ0) is 12.3. The molecule has 2 N–H and O–H groups in total. The van der Waals surface area contributed by atoms with Crippen molar-refractivity contribution < 1.29 is 27.1 Å². The van der Waals surface area contributed by atoms with Crippen LogP contribution in [0.2, 0.25) is 0 Å². The van der Waals surface area contributed by atoms with Crippen molar-refractivity contribution in [3.63, 3.8) is 0 Å². The van der Waals surface area contributed by atoms with E-state index in [2.05, 4.69) is 4.74 Å². The molecule has 1 aromatic rings. The molecule has 0 bridgehead atoms. The standard InChI is InChI=1S/C9H7F4NO2/c10-5-1-6(11)8(13)9(7(5)12)16-3-4(15)2-14/h1H,2-3,14H2. The molecule has 3 nitrogen and oxygen atoms in total. The Bertz CT molecular complexity index is 396. The van der Waals surface area contributed by atoms with Crippen LogP contribution < -0.4 is 10.5 Å². The monoisotopic (exact) mass is 237 g/mol. The Balaban J connectivity index is 2.99. The topological polar surface area (TPSA) is 52.3 Å². The first-order valence-corrected chi connectivity index (χ1v) is 4.15. The van der Waals surface area contributed by atoms with Crippen molar-refractivity contribution in [2.75, 3.05) is 13.2 Å². The summed E-state index contributed by atoms with van der Waals surface area (Å²) >= 11 is 0. The Morgan fingerprint density at radius 1 is 1.19 bits per heavy atom. The summed E-state index contributed by atoms with van der Waals surface area (Å²) < 4.78 is 55.5. The summed E-state index contributed by atoms with van der Waals surface area (Å²) in [5.41, 5.74) is 4.91. The van der Waals surface area contributed by atoms with Crippen LogP contribution in [0.1, 0.15) is 0 Å². The number of hydrogen-bond acceptors (Lipinski definition) is 3. The van der Waals surface area contributed by atoms with E-state index in [0.29, 0.717) is 0 Å². The average molecular weight is 237 g/mol. The second-order valence-corrected chi connectivity index (χ2v) is 2.83. The molecule has 88 valence electrons. The highest BCUT2D eigenvalue weighted by Crippen LogP contribution is 2.26. The number of carbonyl (C=O) groups excluding carboxylic acids is 1. The molecule has 0 heterocycles. The number of carbonyl (C=O) groups is 1. The molecule has 0 amide bonds. The summed E-state index contributed by atoms with van der Waals surface area (Å²) in [6, 6.07) is 0.0439. The molecule has 0 atom stereocenters. The van der Waals surface area contributed by atoms with Gasteiger partial charge in [-0.25, -0.2) is 8.78 Å². The predicted molar refractivity (Wildman–Crippen MR) is 45.8 cm³/mol. The molecular weight excluding hydrogens is 230 g/mol. The van der Waals surface area contributed by atoms with Crippen molar-refractivity contribution in [1.29, 1.82) is 0 Å². The van der Waals surface area contributed by atoms with Gasteiger partial charge >= 0.3 is 0 Å². The van der Waals surface area contributed by atoms with E-state index in [-0.39, 0.29) is 6.07 Å². The number of hydrogen-bond donors (Lipinski definition) is 1. The molecule has 0 unspecified atom stereocenters. The van der Waals surface area contributed by atoms with Crippen LogP contribution in [0.3, 0.4) is 0 Å². The summed E-state index contributed by atoms with van der Waals surface area (Å²) in [7, 11) is 0. The van der Waals surface area contributed by atoms with Gasteiger partial charge in [0.2, 0.25) is 11.6 Å². The van der Waals surface area contributed by atoms with Crippen molar-refractivity contribution in [2.45, 2.75) is 0 Å². The second kappa shape index (κ2) is 4.93. The third-order valence-electron chi connectivity index (χ3n) is 1.68. The largest absolute Gasteiger partial charge is 0.479 e. The van der Waals surface area contributed by atoms with E-state index in [1.807, 2.05) is 0 Å². The van der Waals surface area contributed by atoms with Crippen LogP contribution in [0.5, 0.6) is 5.75 Å². The van der Waals surface area contributed by atoms with Crippen LogP contribution in [-0.4, -0.2) is 18.9 Å². The van der Waals surface area contributed by atoms with Crippen LogP contribution in [-0.2, 0) is 4.79 Å². The van der Waals surface area contributed by atoms with Gasteiger partial charge < -0.3 is 10.5 Å². The van der Waals surface area contributed by atoms with Crippen molar-refractivity contribution in [1.82, 2.24) is 0 Å². The number of rotatable bonds is 4. The van der Waals surface area contributed by atoms with Crippen molar-refractivity contribution in [3.8, 4) is 5.75 Å². The third kappa shape index (κ3) is 2.48. The van der Waals surface area contributed by atoms with Gasteiger partial charge in [0.15, 0.2) is 23.2 Å². The van der Waals surface area contributed by atoms with Crippen LogP contribution in [0.4, 0.5) is 17.6 Å². The van der Waals surface area contributed by atoms with Gasteiger partial charge in [-0.1, -0.05) is 0 Å². The van der Waals surface area contributed by atoms with Gasteiger partial charge in [0, 0.05) is 6.07 Å². The molecular formula is C9H7F4NO2. The van der Waals surface area contributed by atoms with E-state index in [1.54, 1.807) is 0 Å². The second-order valence-electron chi connectivity index (χ2n) is 2.83. The Morgan fingerprint density at radius 2 is 1.69 bits per heavy atom. The quantitative estimate of drug-likeness (QED) is 0.631. The van der Waals surface area contributed by atoms with Crippen LogP contribution in [0, 0.1) is 23.3 Å². The number of Topliss-reactive ketones (excluding diaryl/α,β-unsaturated/α-hetero) is 1. The lowest BCUT2D eigenvalue weighted by Crippen LogP contribution is -2.21. The first-order valence-electron chi connectivity index (χ1n) is 4.15. The maximum atomic E-state index is 12.9. The first-order chi connectivity index (χ1) is 7.47. The fourth-order valence-electron chi connectivity index (χ4n) is 0.890. The number of nitrogens with two attached hydrogens (primary N) is 1. The third-order valence-corrected chi connectivity index (χ3v) is 1.68. The molecule has 1 aromatic carbocycles. The molecule has 0 spiro atoms. The average Bonchev–Trinajstić information content (AvgIpc) is 2.26. The minimum Gasteiger partial charge on any atom is -0.479 e. The highest BCUT2D eigenvalue weighted by molar-refractivity contribution is 5.81. The summed E-state index contributed by atoms with van der Waals surface area (Å²) in [5.74, 6) is -8.52. The number of benzene rings is 1. The maximum absolute atomic E-state index is 12.9. The van der Waals surface area contributed by atoms with Crippen molar-refractivity contribution in [3.05, 3.63) is 29.3 Å². The smallest absolute Gasteiger partial charge is 0.203 e. The van der Waals surface area contributed by atoms with Gasteiger partial charge in [-0.2, -0.15) is 8.78 Å². The number of ether oxygens (including phenoxy) is 1. The van der Waals surface area contributed by atoms with Gasteiger partial charge in [-0.05, 0) is 0 Å². The molecule has 0 aliphatic rings. The Labute approximate surface area is 87.8 Å². The fraction of sp³-hybridized carbons (Fsp3) is 0.222. The van der Waals surface area contributed by atoms with Gasteiger partial charge in [0.1, 0.15) is 6.61 Å². The molecule has 16 heavy (non-hydrogen) atoms. The molecule has 1 rings (SSSR count). The summed E-state index contributed by atoms with van der Waals surface area (Å²) in [4.78, 5) is 10.7. The lowest BCUT2D eigenvalue weighted by Gasteiger charge is -2.08. The van der Waals surface area contributed by atoms with Gasteiger partial charge in [-0.15, -0.1) is 0 Å². The molecule has 0 aromatic heterocycles. The molecule has 7 heteroatoms. The summed E-state index contributed by atoms with van der Waals surface area (Å²) in [6.07, 6.45) is 0. The summed E-state index contributed by atoms with van der Waals surface area (Å²) in [5, 5.41) is 0. The zero-order valence-corrected chi connectivity index (χ0v) is 7.90. The van der Waals surface area contributed by atoms with E-state index in [9.17, 15) is 22.4 Å². The lowest BCUT2D eigenvalue weighted by molar-refractivity contribution is -0.119. The predicted octanol–water partition coefficient (Wildman–Crippen LogP) is 1.15. The van der Waals surface area contributed by atoms with Gasteiger partial charge in [0.05, 0.1) is 6.54 Å². The summed E-state index contributed by atoms with van der Waals surface area (Å²) in [6.45, 7) is -1.16. The lowest BCUT2D eigenvalue weighted by atomic mass is 10.3. The Kier molecular flexibility index (Phi) is 3.83. The molecule has 0 saturated carbocycles. The molecule has 0 aliphatic carbocycles. The van der Waals surface area contributed by atoms with Crippen LogP contribution in [0.15, 0.2) is 6.07 Å². The highest BCUT2D eigenvalue weighted by Gasteiger charge is 2.21. The first kappa shape index (κ1) is 12.4. The minimum absolute atomic E-state index is 0.0439. The van der Waals surface area contributed by atoms with Crippen LogP contribution in [0.25, 0.3) is 0 Å². The number of halogens is 4. The molecule has 0 saturated heterocycles. The van der Waals surface area contributed by atoms with E-state index in [1.165, 1.54) is 0 Å². The van der Waals surface area contributed by atoms with Crippen LogP contribution >= 0.6 is 0 Å². The van der Waals surface area contributed by atoms with E-state index in [0.717, 1.165) is 0 Å². The SMILES string of the molecule is NCC(=O)COc1c(F)c(F)cc(F)c1F. The highest BCUT2D eigenvalue weighted by atomic mass is 19.2. The van der Waals surface area contributed by atoms with Gasteiger partial charge in [0.25, 0.3) is 0 Å². The Morgan fingerprint density at radius 3 is 2.12 bits per heavy atom. The Hall–Kier alpha value is -1.63. The number of ketones is 1. The van der Waals surface area contributed by atoms with E-state index >= 15 is 0 Å². The fourth-order valence-corrected chi connectivity index (χ4v) is 0.890. The minimum atomic E-state index is -1.69. The molecule has 0 aliphatic heterocycles. The normalized spacial score (nSPS) is 10.3.